The van der Waals surface area contributed by atoms with Crippen LogP contribution >= 0.6 is 15.9 Å². The van der Waals surface area contributed by atoms with Gasteiger partial charge in [0.2, 0.25) is 0 Å². The Hall–Kier alpha value is -3.12. The summed E-state index contributed by atoms with van der Waals surface area (Å²) in [6.07, 6.45) is 0.924. The lowest BCUT2D eigenvalue weighted by molar-refractivity contribution is -0.118. The van der Waals surface area contributed by atoms with Crippen molar-refractivity contribution in [1.82, 2.24) is 0 Å². The van der Waals surface area contributed by atoms with E-state index in [0.29, 0.717) is 17.0 Å². The van der Waals surface area contributed by atoms with E-state index in [1.54, 1.807) is 24.3 Å². The molecule has 0 aliphatic rings. The fraction of sp³-hybridized carbons (Fsp3) is 0.167. The average Bonchev–Trinajstić information content (AvgIpc) is 2.73. The molecular formula is C24H23BrN2O3. The molecular weight excluding hydrogens is 444 g/mol. The third-order valence-electron chi connectivity index (χ3n) is 4.45. The molecule has 0 spiro atoms. The van der Waals surface area contributed by atoms with Gasteiger partial charge in [-0.15, -0.1) is 0 Å². The van der Waals surface area contributed by atoms with Crippen LogP contribution in [0, 0.1) is 6.92 Å². The first-order chi connectivity index (χ1) is 14.4. The second-order valence-electron chi connectivity index (χ2n) is 6.86. The second-order valence-corrected chi connectivity index (χ2v) is 7.71. The number of amides is 2. The van der Waals surface area contributed by atoms with Crippen molar-refractivity contribution < 1.29 is 14.3 Å². The number of hydrogen-bond donors (Lipinski definition) is 2. The Kier molecular flexibility index (Phi) is 7.25. The molecule has 0 saturated heterocycles. The lowest BCUT2D eigenvalue weighted by Crippen LogP contribution is -2.20. The summed E-state index contributed by atoms with van der Waals surface area (Å²) in [6.45, 7) is 3.90. The number of hydrogen-bond acceptors (Lipinski definition) is 3. The van der Waals surface area contributed by atoms with Gasteiger partial charge in [0.25, 0.3) is 11.8 Å². The Bertz CT molecular complexity index is 1070. The summed E-state index contributed by atoms with van der Waals surface area (Å²) in [7, 11) is 0. The monoisotopic (exact) mass is 466 g/mol. The van der Waals surface area contributed by atoms with E-state index in [0.717, 1.165) is 22.1 Å². The fourth-order valence-electron chi connectivity index (χ4n) is 2.89. The smallest absolute Gasteiger partial charge is 0.262 e. The van der Waals surface area contributed by atoms with Gasteiger partial charge in [-0.3, -0.25) is 9.59 Å². The van der Waals surface area contributed by atoms with E-state index < -0.39 is 0 Å². The van der Waals surface area contributed by atoms with Crippen molar-refractivity contribution in [1.29, 1.82) is 0 Å². The van der Waals surface area contributed by atoms with Crippen LogP contribution in [0.1, 0.15) is 28.4 Å². The Morgan fingerprint density at radius 1 is 0.933 bits per heavy atom. The van der Waals surface area contributed by atoms with Gasteiger partial charge in [-0.1, -0.05) is 31.2 Å². The lowest BCUT2D eigenvalue weighted by Gasteiger charge is -2.11. The van der Waals surface area contributed by atoms with Gasteiger partial charge in [0.1, 0.15) is 5.75 Å². The summed E-state index contributed by atoms with van der Waals surface area (Å²) < 4.78 is 6.41. The van der Waals surface area contributed by atoms with E-state index >= 15 is 0 Å². The number of nitrogens with one attached hydrogen (secondary N) is 2. The summed E-state index contributed by atoms with van der Waals surface area (Å²) in [4.78, 5) is 24.8. The van der Waals surface area contributed by atoms with Crippen molar-refractivity contribution in [2.75, 3.05) is 17.2 Å². The molecule has 0 atom stereocenters. The molecule has 0 saturated carbocycles. The fourth-order valence-corrected chi connectivity index (χ4v) is 3.43. The van der Waals surface area contributed by atoms with Crippen molar-refractivity contribution >= 4 is 39.1 Å². The predicted octanol–water partition coefficient (Wildman–Crippen LogP) is 5.59. The van der Waals surface area contributed by atoms with Crippen molar-refractivity contribution in [2.24, 2.45) is 0 Å². The van der Waals surface area contributed by atoms with E-state index in [1.807, 2.05) is 49.4 Å². The number of rotatable bonds is 7. The molecule has 0 radical (unpaired) electrons. The minimum Gasteiger partial charge on any atom is -0.483 e. The first-order valence-corrected chi connectivity index (χ1v) is 10.4. The van der Waals surface area contributed by atoms with E-state index in [9.17, 15) is 9.59 Å². The van der Waals surface area contributed by atoms with Crippen LogP contribution in [0.5, 0.6) is 5.75 Å². The SMILES string of the molecule is CCc1ccc(OCC(=O)Nc2cccc(C(=O)Nc3cccc(C)c3)c2)c(Br)c1. The Labute approximate surface area is 184 Å². The molecule has 0 bridgehead atoms. The van der Waals surface area contributed by atoms with Crippen LogP contribution in [0.25, 0.3) is 0 Å². The molecule has 0 unspecified atom stereocenters. The van der Waals surface area contributed by atoms with Crippen LogP contribution < -0.4 is 15.4 Å². The van der Waals surface area contributed by atoms with Gasteiger partial charge in [0, 0.05) is 16.9 Å². The highest BCUT2D eigenvalue weighted by molar-refractivity contribution is 9.10. The molecule has 3 rings (SSSR count). The van der Waals surface area contributed by atoms with Crippen LogP contribution in [0.3, 0.4) is 0 Å². The van der Waals surface area contributed by atoms with Crippen LogP contribution in [-0.4, -0.2) is 18.4 Å². The standard InChI is InChI=1S/C24H23BrN2O3/c1-3-17-10-11-22(21(25)13-17)30-15-23(28)26-20-9-5-7-18(14-20)24(29)27-19-8-4-6-16(2)12-19/h4-14H,3,15H2,1-2H3,(H,26,28)(H,27,29). The van der Waals surface area contributed by atoms with Crippen LogP contribution in [-0.2, 0) is 11.2 Å². The highest BCUT2D eigenvalue weighted by atomic mass is 79.9. The molecule has 0 heterocycles. The molecule has 3 aromatic rings. The molecule has 6 heteroatoms. The normalized spacial score (nSPS) is 10.4. The average molecular weight is 467 g/mol. The minimum absolute atomic E-state index is 0.135. The van der Waals surface area contributed by atoms with Gasteiger partial charge in [0.05, 0.1) is 4.47 Å². The maximum atomic E-state index is 12.5. The topological polar surface area (TPSA) is 67.4 Å². The Morgan fingerprint density at radius 3 is 2.37 bits per heavy atom. The molecule has 0 aromatic heterocycles. The van der Waals surface area contributed by atoms with E-state index in [4.69, 9.17) is 4.74 Å². The zero-order chi connectivity index (χ0) is 21.5. The van der Waals surface area contributed by atoms with Crippen LogP contribution in [0.15, 0.2) is 71.2 Å². The third kappa shape index (κ3) is 5.94. The number of carbonyl (C=O) groups is 2. The molecule has 5 nitrogen and oxygen atoms in total. The molecule has 2 N–H and O–H groups in total. The zero-order valence-electron chi connectivity index (χ0n) is 16.9. The second kappa shape index (κ2) is 10.1. The summed E-state index contributed by atoms with van der Waals surface area (Å²) in [6, 6.07) is 20.1. The van der Waals surface area contributed by atoms with Crippen molar-refractivity contribution in [3.8, 4) is 5.75 Å². The van der Waals surface area contributed by atoms with Gasteiger partial charge < -0.3 is 15.4 Å². The summed E-state index contributed by atoms with van der Waals surface area (Å²) >= 11 is 3.46. The highest BCUT2D eigenvalue weighted by Gasteiger charge is 2.10. The Morgan fingerprint density at radius 2 is 1.67 bits per heavy atom. The zero-order valence-corrected chi connectivity index (χ0v) is 18.5. The number of halogens is 1. The van der Waals surface area contributed by atoms with E-state index in [-0.39, 0.29) is 18.4 Å². The molecule has 30 heavy (non-hydrogen) atoms. The van der Waals surface area contributed by atoms with Gasteiger partial charge in [0.15, 0.2) is 6.61 Å². The van der Waals surface area contributed by atoms with Gasteiger partial charge in [-0.25, -0.2) is 0 Å². The van der Waals surface area contributed by atoms with E-state index in [2.05, 4.69) is 33.5 Å². The largest absolute Gasteiger partial charge is 0.483 e. The minimum atomic E-state index is -0.308. The quantitative estimate of drug-likeness (QED) is 0.476. The first-order valence-electron chi connectivity index (χ1n) is 9.64. The van der Waals surface area contributed by atoms with Crippen LogP contribution in [0.4, 0.5) is 11.4 Å². The summed E-state index contributed by atoms with van der Waals surface area (Å²) in [5, 5.41) is 5.62. The van der Waals surface area contributed by atoms with Gasteiger partial charge >= 0.3 is 0 Å². The lowest BCUT2D eigenvalue weighted by atomic mass is 10.1. The van der Waals surface area contributed by atoms with E-state index in [1.165, 1.54) is 5.56 Å². The molecule has 2 amide bonds. The Balaban J connectivity index is 1.59. The molecule has 154 valence electrons. The van der Waals surface area contributed by atoms with Gasteiger partial charge in [-0.2, -0.15) is 0 Å². The number of carbonyl (C=O) groups excluding carboxylic acids is 2. The number of anilines is 2. The summed E-state index contributed by atoms with van der Waals surface area (Å²) in [5.41, 5.74) is 3.95. The summed E-state index contributed by atoms with van der Waals surface area (Å²) in [5.74, 6) is 0.0548. The van der Waals surface area contributed by atoms with Gasteiger partial charge in [-0.05, 0) is 82.9 Å². The van der Waals surface area contributed by atoms with Crippen molar-refractivity contribution in [3.63, 3.8) is 0 Å². The maximum absolute atomic E-state index is 12.5. The first kappa shape index (κ1) is 21.6. The molecule has 0 aliphatic heterocycles. The number of benzene rings is 3. The number of aryl methyl sites for hydroxylation is 2. The van der Waals surface area contributed by atoms with Crippen molar-refractivity contribution in [3.05, 3.63) is 87.9 Å². The maximum Gasteiger partial charge on any atom is 0.262 e. The molecule has 3 aromatic carbocycles. The highest BCUT2D eigenvalue weighted by Crippen LogP contribution is 2.26. The van der Waals surface area contributed by atoms with Crippen LogP contribution in [0.2, 0.25) is 0 Å². The van der Waals surface area contributed by atoms with Crippen molar-refractivity contribution in [2.45, 2.75) is 20.3 Å². The predicted molar refractivity (Wildman–Crippen MR) is 123 cm³/mol. The molecule has 0 aliphatic carbocycles. The third-order valence-corrected chi connectivity index (χ3v) is 5.07. The number of ether oxygens (including phenoxy) is 1. The molecule has 0 fully saturated rings.